The van der Waals surface area contributed by atoms with E-state index in [-0.39, 0.29) is 18.1 Å². The number of hydrogen-bond donors (Lipinski definition) is 1. The summed E-state index contributed by atoms with van der Waals surface area (Å²) in [6.45, 7) is 6.15. The van der Waals surface area contributed by atoms with Gasteiger partial charge in [0.2, 0.25) is 5.91 Å². The van der Waals surface area contributed by atoms with E-state index in [1.54, 1.807) is 11.3 Å². The molecule has 0 unspecified atom stereocenters. The van der Waals surface area contributed by atoms with Gasteiger partial charge in [-0.15, -0.1) is 11.3 Å². The van der Waals surface area contributed by atoms with Gasteiger partial charge in [-0.05, 0) is 29.3 Å². The van der Waals surface area contributed by atoms with Crippen LogP contribution >= 0.6 is 22.7 Å². The van der Waals surface area contributed by atoms with Crippen molar-refractivity contribution >= 4 is 33.7 Å². The molecule has 0 bridgehead atoms. The van der Waals surface area contributed by atoms with E-state index >= 15 is 0 Å². The first-order chi connectivity index (χ1) is 10.6. The van der Waals surface area contributed by atoms with Crippen molar-refractivity contribution in [3.63, 3.8) is 0 Å². The van der Waals surface area contributed by atoms with E-state index in [9.17, 15) is 4.79 Å². The minimum absolute atomic E-state index is 0.0848. The van der Waals surface area contributed by atoms with Crippen molar-refractivity contribution in [3.8, 4) is 0 Å². The van der Waals surface area contributed by atoms with Gasteiger partial charge in [0, 0.05) is 31.9 Å². The van der Waals surface area contributed by atoms with Crippen LogP contribution < -0.4 is 5.32 Å². The monoisotopic (exact) mass is 337 g/mol. The van der Waals surface area contributed by atoms with Gasteiger partial charge < -0.3 is 10.1 Å². The molecule has 5 nitrogen and oxygen atoms in total. The Morgan fingerprint density at radius 1 is 1.50 bits per heavy atom. The smallest absolute Gasteiger partial charge is 0.223 e. The summed E-state index contributed by atoms with van der Waals surface area (Å²) >= 11 is 3.17. The SMILES string of the molecule is CC(=O)Nc1nc(CN2C[C@@H](C)O[C@@H](c3ccsc3)C2)cs1. The van der Waals surface area contributed by atoms with E-state index in [2.05, 4.69) is 39.0 Å². The number of thiophene rings is 1. The maximum Gasteiger partial charge on any atom is 0.223 e. The maximum absolute atomic E-state index is 11.1. The predicted octanol–water partition coefficient (Wildman–Crippen LogP) is 3.13. The molecule has 1 aliphatic rings. The number of thiazole rings is 1. The first kappa shape index (κ1) is 15.6. The van der Waals surface area contributed by atoms with Crippen LogP contribution in [0.15, 0.2) is 22.2 Å². The zero-order chi connectivity index (χ0) is 15.5. The highest BCUT2D eigenvalue weighted by Gasteiger charge is 2.27. The second-order valence-electron chi connectivity index (χ2n) is 5.51. The van der Waals surface area contributed by atoms with Crippen LogP contribution in [0, 0.1) is 0 Å². The number of rotatable bonds is 4. The van der Waals surface area contributed by atoms with E-state index in [0.717, 1.165) is 25.3 Å². The van der Waals surface area contributed by atoms with E-state index in [0.29, 0.717) is 5.13 Å². The molecule has 1 fully saturated rings. The van der Waals surface area contributed by atoms with E-state index in [1.165, 1.54) is 23.8 Å². The van der Waals surface area contributed by atoms with Crippen LogP contribution in [-0.4, -0.2) is 35.0 Å². The molecule has 0 aliphatic carbocycles. The van der Waals surface area contributed by atoms with E-state index in [1.807, 2.05) is 5.38 Å². The summed E-state index contributed by atoms with van der Waals surface area (Å²) in [5.74, 6) is -0.0848. The third-order valence-electron chi connectivity index (χ3n) is 3.47. The third kappa shape index (κ3) is 3.92. The van der Waals surface area contributed by atoms with Crippen LogP contribution in [0.3, 0.4) is 0 Å². The van der Waals surface area contributed by atoms with Crippen molar-refractivity contribution < 1.29 is 9.53 Å². The quantitative estimate of drug-likeness (QED) is 0.931. The fourth-order valence-corrected chi connectivity index (χ4v) is 4.08. The van der Waals surface area contributed by atoms with Gasteiger partial charge in [0.15, 0.2) is 5.13 Å². The van der Waals surface area contributed by atoms with Gasteiger partial charge in [-0.3, -0.25) is 9.69 Å². The molecule has 0 saturated carbocycles. The minimum atomic E-state index is -0.0848. The first-order valence-electron chi connectivity index (χ1n) is 7.22. The lowest BCUT2D eigenvalue weighted by molar-refractivity contribution is -0.114. The Hall–Kier alpha value is -1.28. The van der Waals surface area contributed by atoms with Crippen LogP contribution in [0.1, 0.15) is 31.2 Å². The zero-order valence-corrected chi connectivity index (χ0v) is 14.2. The number of hydrogen-bond acceptors (Lipinski definition) is 6. The summed E-state index contributed by atoms with van der Waals surface area (Å²) in [5.41, 5.74) is 2.24. The average Bonchev–Trinajstić information content (AvgIpc) is 3.09. The molecule has 7 heteroatoms. The molecular weight excluding hydrogens is 318 g/mol. The fourth-order valence-electron chi connectivity index (χ4n) is 2.63. The summed E-state index contributed by atoms with van der Waals surface area (Å²) in [4.78, 5) is 17.9. The minimum Gasteiger partial charge on any atom is -0.368 e. The molecule has 2 aromatic heterocycles. The Kier molecular flexibility index (Phi) is 4.87. The first-order valence-corrected chi connectivity index (χ1v) is 9.04. The van der Waals surface area contributed by atoms with Crippen molar-refractivity contribution in [2.24, 2.45) is 0 Å². The van der Waals surface area contributed by atoms with E-state index < -0.39 is 0 Å². The van der Waals surface area contributed by atoms with Crippen LogP contribution in [0.2, 0.25) is 0 Å². The summed E-state index contributed by atoms with van der Waals surface area (Å²) in [7, 11) is 0. The van der Waals surface area contributed by atoms with Gasteiger partial charge in [-0.2, -0.15) is 11.3 Å². The Morgan fingerprint density at radius 3 is 3.09 bits per heavy atom. The fraction of sp³-hybridized carbons (Fsp3) is 0.467. The molecule has 3 rings (SSSR count). The van der Waals surface area contributed by atoms with Crippen LogP contribution in [-0.2, 0) is 16.1 Å². The molecule has 22 heavy (non-hydrogen) atoms. The molecule has 1 amide bonds. The molecule has 118 valence electrons. The predicted molar refractivity (Wildman–Crippen MR) is 89.3 cm³/mol. The summed E-state index contributed by atoms with van der Waals surface area (Å²) in [5, 5.41) is 9.64. The van der Waals surface area contributed by atoms with Gasteiger partial charge in [-0.1, -0.05) is 0 Å². The number of nitrogens with one attached hydrogen (secondary N) is 1. The lowest BCUT2D eigenvalue weighted by atomic mass is 10.1. The van der Waals surface area contributed by atoms with Gasteiger partial charge in [0.1, 0.15) is 0 Å². The standard InChI is InChI=1S/C15H19N3O2S2/c1-10-5-18(7-14(20-10)12-3-4-21-8-12)6-13-9-22-15(17-13)16-11(2)19/h3-4,8-10,14H,5-7H2,1-2H3,(H,16,17,19)/t10-,14-/m1/s1. The maximum atomic E-state index is 11.1. The van der Waals surface area contributed by atoms with E-state index in [4.69, 9.17) is 4.74 Å². The third-order valence-corrected chi connectivity index (χ3v) is 4.98. The van der Waals surface area contributed by atoms with Crippen molar-refractivity contribution in [1.82, 2.24) is 9.88 Å². The highest BCUT2D eigenvalue weighted by molar-refractivity contribution is 7.13. The number of carbonyl (C=O) groups excluding carboxylic acids is 1. The summed E-state index contributed by atoms with van der Waals surface area (Å²) in [6.07, 6.45) is 0.329. The molecule has 0 spiro atoms. The lowest BCUT2D eigenvalue weighted by Gasteiger charge is -2.36. The Balaban J connectivity index is 1.64. The van der Waals surface area contributed by atoms with Gasteiger partial charge in [0.05, 0.1) is 17.9 Å². The largest absolute Gasteiger partial charge is 0.368 e. The summed E-state index contributed by atoms with van der Waals surface area (Å²) in [6, 6.07) is 2.13. The number of carbonyl (C=O) groups is 1. The Bertz CT molecular complexity index is 627. The molecule has 3 heterocycles. The highest BCUT2D eigenvalue weighted by Crippen LogP contribution is 2.28. The zero-order valence-electron chi connectivity index (χ0n) is 12.6. The van der Waals surface area contributed by atoms with Crippen molar-refractivity contribution in [3.05, 3.63) is 33.5 Å². The number of ether oxygens (including phenoxy) is 1. The normalized spacial score (nSPS) is 22.6. The highest BCUT2D eigenvalue weighted by atomic mass is 32.1. The molecule has 1 N–H and O–H groups in total. The average molecular weight is 337 g/mol. The summed E-state index contributed by atoms with van der Waals surface area (Å²) < 4.78 is 6.05. The van der Waals surface area contributed by atoms with Gasteiger partial charge >= 0.3 is 0 Å². The second-order valence-corrected chi connectivity index (χ2v) is 7.15. The Labute approximate surface area is 137 Å². The van der Waals surface area contributed by atoms with Crippen LogP contribution in [0.25, 0.3) is 0 Å². The van der Waals surface area contributed by atoms with Gasteiger partial charge in [-0.25, -0.2) is 4.98 Å². The number of amides is 1. The van der Waals surface area contributed by atoms with Crippen molar-refractivity contribution in [2.75, 3.05) is 18.4 Å². The Morgan fingerprint density at radius 2 is 2.36 bits per heavy atom. The van der Waals surface area contributed by atoms with Crippen molar-refractivity contribution in [1.29, 1.82) is 0 Å². The number of morpholine rings is 1. The van der Waals surface area contributed by atoms with Gasteiger partial charge in [0.25, 0.3) is 0 Å². The molecule has 1 aliphatic heterocycles. The molecule has 1 saturated heterocycles. The van der Waals surface area contributed by atoms with Crippen LogP contribution in [0.4, 0.5) is 5.13 Å². The molecule has 0 aromatic carbocycles. The lowest BCUT2D eigenvalue weighted by Crippen LogP contribution is -2.42. The number of aromatic nitrogens is 1. The molecule has 0 radical (unpaired) electrons. The molecule has 2 atom stereocenters. The molecule has 2 aromatic rings. The topological polar surface area (TPSA) is 54.5 Å². The van der Waals surface area contributed by atoms with Crippen molar-refractivity contribution in [2.45, 2.75) is 32.6 Å². The number of nitrogens with zero attached hydrogens (tertiary/aromatic N) is 2. The second kappa shape index (κ2) is 6.87. The molecular formula is C15H19N3O2S2. The number of anilines is 1. The van der Waals surface area contributed by atoms with Crippen LogP contribution in [0.5, 0.6) is 0 Å².